The molecule has 0 saturated heterocycles. The number of fused-ring (bicyclic) bond motifs is 2. The maximum atomic E-state index is 7.30. The smallest absolute Gasteiger partial charge is 0.261 e. The molecule has 2 bridgehead atoms. The van der Waals surface area contributed by atoms with Gasteiger partial charge in [0.25, 0.3) is 8.32 Å². The molecule has 2 aliphatic carbocycles. The first-order valence-electron chi connectivity index (χ1n) is 9.96. The van der Waals surface area contributed by atoms with Gasteiger partial charge in [0.2, 0.25) is 0 Å². The molecule has 26 heavy (non-hydrogen) atoms. The highest BCUT2D eigenvalue weighted by atomic mass is 28.4. The van der Waals surface area contributed by atoms with Crippen LogP contribution in [0.4, 0.5) is 0 Å². The van der Waals surface area contributed by atoms with Gasteiger partial charge in [-0.25, -0.2) is 0 Å². The molecule has 2 aliphatic rings. The van der Waals surface area contributed by atoms with E-state index in [0.29, 0.717) is 24.0 Å². The van der Waals surface area contributed by atoms with Crippen LogP contribution in [0.3, 0.4) is 0 Å². The van der Waals surface area contributed by atoms with Gasteiger partial charge in [-0.1, -0.05) is 81.4 Å². The summed E-state index contributed by atoms with van der Waals surface area (Å²) >= 11 is 0. The number of hydrogen-bond acceptors (Lipinski definition) is 2. The van der Waals surface area contributed by atoms with Crippen LogP contribution in [0.1, 0.15) is 40.0 Å². The summed E-state index contributed by atoms with van der Waals surface area (Å²) in [5, 5.41) is 2.82. The Hall–Kier alpha value is -1.42. The second kappa shape index (κ2) is 6.63. The van der Waals surface area contributed by atoms with Crippen LogP contribution in [0, 0.1) is 11.8 Å². The van der Waals surface area contributed by atoms with Gasteiger partial charge in [-0.3, -0.25) is 0 Å². The van der Waals surface area contributed by atoms with Crippen LogP contribution in [0.25, 0.3) is 0 Å². The Morgan fingerprint density at radius 1 is 0.808 bits per heavy atom. The van der Waals surface area contributed by atoms with Crippen LogP contribution in [0.15, 0.2) is 60.7 Å². The Morgan fingerprint density at radius 3 is 1.73 bits per heavy atom. The minimum Gasteiger partial charge on any atom is -0.404 e. The van der Waals surface area contributed by atoms with Gasteiger partial charge in [-0.2, -0.15) is 0 Å². The van der Waals surface area contributed by atoms with Crippen molar-refractivity contribution in [3.63, 3.8) is 0 Å². The van der Waals surface area contributed by atoms with Crippen LogP contribution in [-0.4, -0.2) is 20.5 Å². The van der Waals surface area contributed by atoms with E-state index < -0.39 is 8.32 Å². The maximum absolute atomic E-state index is 7.30. The molecule has 3 heteroatoms. The van der Waals surface area contributed by atoms with E-state index in [9.17, 15) is 0 Å². The largest absolute Gasteiger partial charge is 0.404 e. The lowest BCUT2D eigenvalue weighted by Gasteiger charge is -2.46. The summed E-state index contributed by atoms with van der Waals surface area (Å²) < 4.78 is 7.30. The average molecular weight is 366 g/mol. The molecule has 0 heterocycles. The molecule has 138 valence electrons. The van der Waals surface area contributed by atoms with E-state index in [-0.39, 0.29) is 5.04 Å². The summed E-state index contributed by atoms with van der Waals surface area (Å²) in [5.41, 5.74) is 6.31. The highest BCUT2D eigenvalue weighted by Crippen LogP contribution is 2.48. The highest BCUT2D eigenvalue weighted by molar-refractivity contribution is 6.99. The third kappa shape index (κ3) is 2.86. The van der Waals surface area contributed by atoms with Gasteiger partial charge in [0.1, 0.15) is 0 Å². The fraction of sp³-hybridized carbons (Fsp3) is 0.478. The molecule has 4 atom stereocenters. The quantitative estimate of drug-likeness (QED) is 0.839. The summed E-state index contributed by atoms with van der Waals surface area (Å²) in [4.78, 5) is 0. The van der Waals surface area contributed by atoms with Crippen molar-refractivity contribution in [2.45, 2.75) is 57.2 Å². The van der Waals surface area contributed by atoms with Gasteiger partial charge in [0.15, 0.2) is 0 Å². The predicted octanol–water partition coefficient (Wildman–Crippen LogP) is 3.69. The van der Waals surface area contributed by atoms with Crippen molar-refractivity contribution in [3.05, 3.63) is 60.7 Å². The number of nitrogens with two attached hydrogens (primary N) is 1. The third-order valence-electron chi connectivity index (χ3n) is 6.59. The minimum absolute atomic E-state index is 0.0552. The summed E-state index contributed by atoms with van der Waals surface area (Å²) in [6, 6.07) is 22.4. The number of benzene rings is 2. The second-order valence-electron chi connectivity index (χ2n) is 9.21. The zero-order chi connectivity index (χ0) is 18.4. The van der Waals surface area contributed by atoms with Gasteiger partial charge in [-0.15, -0.1) is 0 Å². The Morgan fingerprint density at radius 2 is 1.35 bits per heavy atom. The Labute approximate surface area is 158 Å². The van der Waals surface area contributed by atoms with Crippen LogP contribution in [0.2, 0.25) is 5.04 Å². The summed E-state index contributed by atoms with van der Waals surface area (Å²) in [6.45, 7) is 7.08. The van der Waals surface area contributed by atoms with E-state index in [0.717, 1.165) is 12.8 Å². The SMILES string of the molecule is CC(C)(C)[Si](O[C@H]1C[C@H]2C[C@@H]1C[C@@H]2N)(c1ccccc1)c1ccccc1. The molecule has 2 N–H and O–H groups in total. The molecule has 0 amide bonds. The molecule has 0 unspecified atom stereocenters. The van der Waals surface area contributed by atoms with Gasteiger partial charge in [-0.05, 0) is 46.5 Å². The molecule has 2 aromatic carbocycles. The second-order valence-corrected chi connectivity index (χ2v) is 13.5. The van der Waals surface area contributed by atoms with E-state index >= 15 is 0 Å². The third-order valence-corrected chi connectivity index (χ3v) is 11.7. The monoisotopic (exact) mass is 365 g/mol. The fourth-order valence-electron chi connectivity index (χ4n) is 5.33. The Kier molecular flexibility index (Phi) is 4.58. The molecule has 2 saturated carbocycles. The lowest BCUT2D eigenvalue weighted by molar-refractivity contribution is 0.121. The van der Waals surface area contributed by atoms with E-state index in [4.69, 9.17) is 10.2 Å². The lowest BCUT2D eigenvalue weighted by Crippen LogP contribution is -2.68. The normalized spacial score (nSPS) is 28.5. The summed E-state index contributed by atoms with van der Waals surface area (Å²) in [6.07, 6.45) is 3.87. The molecule has 4 rings (SSSR count). The van der Waals surface area contributed by atoms with Crippen molar-refractivity contribution in [2.75, 3.05) is 0 Å². The van der Waals surface area contributed by atoms with E-state index in [2.05, 4.69) is 81.4 Å². The van der Waals surface area contributed by atoms with Crippen LogP contribution in [0.5, 0.6) is 0 Å². The van der Waals surface area contributed by atoms with Crippen molar-refractivity contribution in [3.8, 4) is 0 Å². The fourth-order valence-corrected chi connectivity index (χ4v) is 10.1. The zero-order valence-corrected chi connectivity index (χ0v) is 17.2. The predicted molar refractivity (Wildman–Crippen MR) is 111 cm³/mol. The van der Waals surface area contributed by atoms with Crippen molar-refractivity contribution in [2.24, 2.45) is 17.6 Å². The molecule has 0 aliphatic heterocycles. The maximum Gasteiger partial charge on any atom is 0.261 e. The van der Waals surface area contributed by atoms with Gasteiger partial charge in [0, 0.05) is 12.1 Å². The van der Waals surface area contributed by atoms with E-state index in [1.807, 2.05) is 0 Å². The molecule has 2 aromatic rings. The van der Waals surface area contributed by atoms with Gasteiger partial charge >= 0.3 is 0 Å². The van der Waals surface area contributed by atoms with Crippen LogP contribution < -0.4 is 16.1 Å². The van der Waals surface area contributed by atoms with Crippen molar-refractivity contribution in [1.82, 2.24) is 0 Å². The highest BCUT2D eigenvalue weighted by Gasteiger charge is 2.55. The zero-order valence-electron chi connectivity index (χ0n) is 16.2. The molecule has 2 fully saturated rings. The van der Waals surface area contributed by atoms with Gasteiger partial charge in [0.05, 0.1) is 0 Å². The minimum atomic E-state index is -2.41. The first-order valence-corrected chi connectivity index (χ1v) is 11.9. The van der Waals surface area contributed by atoms with Crippen molar-refractivity contribution in [1.29, 1.82) is 0 Å². The molecule has 0 spiro atoms. The molecule has 2 nitrogen and oxygen atoms in total. The van der Waals surface area contributed by atoms with E-state index in [1.165, 1.54) is 16.8 Å². The van der Waals surface area contributed by atoms with Gasteiger partial charge < -0.3 is 10.2 Å². The lowest BCUT2D eigenvalue weighted by atomic mass is 9.94. The van der Waals surface area contributed by atoms with Crippen LogP contribution >= 0.6 is 0 Å². The molecule has 0 radical (unpaired) electrons. The molecular weight excluding hydrogens is 334 g/mol. The first kappa shape index (κ1) is 18.0. The summed E-state index contributed by atoms with van der Waals surface area (Å²) in [7, 11) is -2.41. The molecule has 0 aromatic heterocycles. The van der Waals surface area contributed by atoms with Crippen LogP contribution in [-0.2, 0) is 4.43 Å². The Bertz CT molecular complexity index is 698. The number of rotatable bonds is 4. The summed E-state index contributed by atoms with van der Waals surface area (Å²) in [5.74, 6) is 1.29. The standard InChI is InChI=1S/C23H31NOSi/c1-23(2,3)26(19-10-6-4-7-11-19,20-12-8-5-9-13-20)25-22-16-17-14-18(22)15-21(17)24/h4-13,17-18,21-22H,14-16,24H2,1-3H3/t17-,18-,21+,22+/m1/s1. The Balaban J connectivity index is 1.81. The molecular formula is C23H31NOSi. The topological polar surface area (TPSA) is 35.2 Å². The number of hydrogen-bond donors (Lipinski definition) is 1. The van der Waals surface area contributed by atoms with Crippen molar-refractivity contribution < 1.29 is 4.43 Å². The van der Waals surface area contributed by atoms with E-state index in [1.54, 1.807) is 0 Å². The van der Waals surface area contributed by atoms with Crippen molar-refractivity contribution >= 4 is 18.7 Å². The average Bonchev–Trinajstić information content (AvgIpc) is 3.19. The first-order chi connectivity index (χ1) is 12.4.